The summed E-state index contributed by atoms with van der Waals surface area (Å²) >= 11 is 0. The molecule has 0 aromatic heterocycles. The van der Waals surface area contributed by atoms with Gasteiger partial charge in [0.25, 0.3) is 0 Å². The van der Waals surface area contributed by atoms with Crippen molar-refractivity contribution >= 4 is 15.9 Å². The van der Waals surface area contributed by atoms with Crippen LogP contribution in [-0.2, 0) is 14.8 Å². The van der Waals surface area contributed by atoms with Crippen LogP contribution in [0.4, 0.5) is 0 Å². The molecule has 0 radical (unpaired) electrons. The van der Waals surface area contributed by atoms with Crippen LogP contribution < -0.4 is 4.72 Å². The van der Waals surface area contributed by atoms with E-state index in [4.69, 9.17) is 0 Å². The normalized spacial score (nSPS) is 16.4. The summed E-state index contributed by atoms with van der Waals surface area (Å²) in [5.41, 5.74) is -0.548. The van der Waals surface area contributed by atoms with E-state index in [-0.39, 0.29) is 11.2 Å². The Labute approximate surface area is 117 Å². The lowest BCUT2D eigenvalue weighted by molar-refractivity contribution is -0.129. The Hall–Kier alpha value is -0.580. The fourth-order valence-corrected chi connectivity index (χ4v) is 3.63. The van der Waals surface area contributed by atoms with E-state index in [0.717, 1.165) is 38.5 Å². The van der Waals surface area contributed by atoms with Gasteiger partial charge in [-0.05, 0) is 25.7 Å². The van der Waals surface area contributed by atoms with E-state index < -0.39 is 15.4 Å². The molecule has 0 bridgehead atoms. The number of hydrogen-bond donors (Lipinski definition) is 1. The molecule has 0 aromatic carbocycles. The molecule has 19 heavy (non-hydrogen) atoms. The number of unbranched alkanes of at least 4 members (excludes halogenated alkanes) is 2. The average molecular weight is 289 g/mol. The highest BCUT2D eigenvalue weighted by atomic mass is 32.2. The van der Waals surface area contributed by atoms with E-state index in [0.29, 0.717) is 12.8 Å². The van der Waals surface area contributed by atoms with Crippen molar-refractivity contribution in [3.63, 3.8) is 0 Å². The Bertz CT molecular complexity index is 391. The fraction of sp³-hybridized carbons (Fsp3) is 0.929. The topological polar surface area (TPSA) is 63.2 Å². The quantitative estimate of drug-likeness (QED) is 0.709. The number of rotatable bonds is 9. The summed E-state index contributed by atoms with van der Waals surface area (Å²) in [7, 11) is -3.42. The van der Waals surface area contributed by atoms with Crippen molar-refractivity contribution in [1.82, 2.24) is 4.72 Å². The van der Waals surface area contributed by atoms with E-state index in [2.05, 4.69) is 18.6 Å². The minimum absolute atomic E-state index is 0.304. The maximum absolute atomic E-state index is 12.3. The van der Waals surface area contributed by atoms with Gasteiger partial charge in [-0.25, -0.2) is 8.42 Å². The molecule has 1 saturated carbocycles. The third-order valence-electron chi connectivity index (χ3n) is 3.91. The lowest BCUT2D eigenvalue weighted by atomic mass is 9.79. The van der Waals surface area contributed by atoms with Gasteiger partial charge < -0.3 is 0 Å². The van der Waals surface area contributed by atoms with Crippen molar-refractivity contribution in [2.24, 2.45) is 5.41 Å². The molecule has 0 spiro atoms. The van der Waals surface area contributed by atoms with Gasteiger partial charge in [0.2, 0.25) is 15.9 Å². The monoisotopic (exact) mass is 289 g/mol. The summed E-state index contributed by atoms with van der Waals surface area (Å²) in [5.74, 6) is -0.304. The van der Waals surface area contributed by atoms with Gasteiger partial charge in [0, 0.05) is 5.41 Å². The second kappa shape index (κ2) is 6.73. The average Bonchev–Trinajstić information content (AvgIpc) is 3.17. The number of nitrogens with one attached hydrogen (secondary N) is 1. The molecular weight excluding hydrogens is 262 g/mol. The maximum atomic E-state index is 12.3. The SMILES string of the molecule is CCCCC(C)(CCCC)C(=O)NS(=O)(=O)C1CC1. The maximum Gasteiger partial charge on any atom is 0.239 e. The molecule has 0 saturated heterocycles. The second-order valence-electron chi connectivity index (χ2n) is 5.94. The number of hydrogen-bond acceptors (Lipinski definition) is 3. The van der Waals surface area contributed by atoms with Crippen molar-refractivity contribution in [1.29, 1.82) is 0 Å². The number of carbonyl (C=O) groups excluding carboxylic acids is 1. The van der Waals surface area contributed by atoms with Gasteiger partial charge in [-0.3, -0.25) is 9.52 Å². The lowest BCUT2D eigenvalue weighted by Crippen LogP contribution is -2.43. The largest absolute Gasteiger partial charge is 0.273 e. The summed E-state index contributed by atoms with van der Waals surface area (Å²) in [6, 6.07) is 0. The molecule has 1 fully saturated rings. The first-order valence-electron chi connectivity index (χ1n) is 7.42. The molecule has 5 heteroatoms. The molecule has 1 aliphatic rings. The van der Waals surface area contributed by atoms with Crippen molar-refractivity contribution in [2.75, 3.05) is 0 Å². The highest BCUT2D eigenvalue weighted by Crippen LogP contribution is 2.33. The van der Waals surface area contributed by atoms with Crippen LogP contribution >= 0.6 is 0 Å². The van der Waals surface area contributed by atoms with E-state index in [1.165, 1.54) is 0 Å². The number of carbonyl (C=O) groups is 1. The first-order chi connectivity index (χ1) is 8.85. The third-order valence-corrected chi connectivity index (χ3v) is 5.73. The Morgan fingerprint density at radius 2 is 1.63 bits per heavy atom. The number of amides is 1. The Morgan fingerprint density at radius 3 is 2.00 bits per heavy atom. The third kappa shape index (κ3) is 4.79. The van der Waals surface area contributed by atoms with E-state index in [1.807, 2.05) is 6.92 Å². The molecule has 0 heterocycles. The minimum Gasteiger partial charge on any atom is -0.273 e. The first-order valence-corrected chi connectivity index (χ1v) is 8.96. The van der Waals surface area contributed by atoms with E-state index >= 15 is 0 Å². The van der Waals surface area contributed by atoms with Gasteiger partial charge >= 0.3 is 0 Å². The van der Waals surface area contributed by atoms with Crippen LogP contribution in [0.5, 0.6) is 0 Å². The van der Waals surface area contributed by atoms with Crippen LogP contribution in [0.2, 0.25) is 0 Å². The summed E-state index contributed by atoms with van der Waals surface area (Å²) in [5, 5.41) is -0.335. The molecule has 1 amide bonds. The molecule has 0 atom stereocenters. The van der Waals surface area contributed by atoms with Gasteiger partial charge in [-0.2, -0.15) is 0 Å². The van der Waals surface area contributed by atoms with Gasteiger partial charge in [-0.15, -0.1) is 0 Å². The molecule has 1 N–H and O–H groups in total. The summed E-state index contributed by atoms with van der Waals surface area (Å²) in [6.45, 7) is 6.06. The Kier molecular flexibility index (Phi) is 5.83. The predicted molar refractivity (Wildman–Crippen MR) is 77.2 cm³/mol. The van der Waals surface area contributed by atoms with Gasteiger partial charge in [-0.1, -0.05) is 46.5 Å². The van der Waals surface area contributed by atoms with Gasteiger partial charge in [0.05, 0.1) is 5.25 Å². The molecule has 1 aliphatic carbocycles. The standard InChI is InChI=1S/C14H27NO3S/c1-4-6-10-14(3,11-7-5-2)13(16)15-19(17,18)12-8-9-12/h12H,4-11H2,1-3H3,(H,15,16). The van der Waals surface area contributed by atoms with Gasteiger partial charge in [0.1, 0.15) is 0 Å². The van der Waals surface area contributed by atoms with Crippen molar-refractivity contribution in [3.8, 4) is 0 Å². The molecule has 4 nitrogen and oxygen atoms in total. The van der Waals surface area contributed by atoms with Crippen LogP contribution in [0.25, 0.3) is 0 Å². The molecule has 0 unspecified atom stereocenters. The predicted octanol–water partition coefficient (Wildman–Crippen LogP) is 2.98. The zero-order valence-corrected chi connectivity index (χ0v) is 13.2. The van der Waals surface area contributed by atoms with Crippen LogP contribution in [0, 0.1) is 5.41 Å². The van der Waals surface area contributed by atoms with Crippen molar-refractivity contribution in [2.45, 2.75) is 77.4 Å². The smallest absolute Gasteiger partial charge is 0.239 e. The van der Waals surface area contributed by atoms with Crippen LogP contribution in [-0.4, -0.2) is 19.6 Å². The Balaban J connectivity index is 2.69. The zero-order valence-electron chi connectivity index (χ0n) is 12.4. The molecule has 0 aliphatic heterocycles. The van der Waals surface area contributed by atoms with Crippen LogP contribution in [0.15, 0.2) is 0 Å². The fourth-order valence-electron chi connectivity index (χ4n) is 2.20. The second-order valence-corrected chi connectivity index (χ2v) is 7.90. The van der Waals surface area contributed by atoms with Gasteiger partial charge in [0.15, 0.2) is 0 Å². The van der Waals surface area contributed by atoms with Crippen molar-refractivity contribution < 1.29 is 13.2 Å². The minimum atomic E-state index is -3.42. The first kappa shape index (κ1) is 16.5. The Morgan fingerprint density at radius 1 is 1.16 bits per heavy atom. The summed E-state index contributed by atoms with van der Waals surface area (Å²) in [6.07, 6.45) is 6.83. The molecule has 112 valence electrons. The number of sulfonamides is 1. The highest BCUT2D eigenvalue weighted by molar-refractivity contribution is 7.90. The zero-order chi connectivity index (χ0) is 14.5. The summed E-state index contributed by atoms with van der Waals surface area (Å²) < 4.78 is 26.0. The van der Waals surface area contributed by atoms with Crippen LogP contribution in [0.3, 0.4) is 0 Å². The molecular formula is C14H27NO3S. The van der Waals surface area contributed by atoms with E-state index in [9.17, 15) is 13.2 Å². The molecule has 0 aromatic rings. The van der Waals surface area contributed by atoms with Crippen molar-refractivity contribution in [3.05, 3.63) is 0 Å². The van der Waals surface area contributed by atoms with E-state index in [1.54, 1.807) is 0 Å². The summed E-state index contributed by atoms with van der Waals surface area (Å²) in [4.78, 5) is 12.3. The highest BCUT2D eigenvalue weighted by Gasteiger charge is 2.40. The van der Waals surface area contributed by atoms with Crippen LogP contribution in [0.1, 0.15) is 72.1 Å². The molecule has 1 rings (SSSR count). The lowest BCUT2D eigenvalue weighted by Gasteiger charge is -2.28.